The van der Waals surface area contributed by atoms with E-state index in [1.165, 1.54) is 32.4 Å². The van der Waals surface area contributed by atoms with E-state index < -0.39 is 16.1 Å². The number of thiophene rings is 1. The molecule has 4 heterocycles. The quantitative estimate of drug-likeness (QED) is 0.205. The van der Waals surface area contributed by atoms with Gasteiger partial charge in [-0.05, 0) is 66.8 Å². The second-order valence-corrected chi connectivity index (χ2v) is 15.3. The second kappa shape index (κ2) is 11.8. The van der Waals surface area contributed by atoms with Crippen molar-refractivity contribution in [2.24, 2.45) is 0 Å². The van der Waals surface area contributed by atoms with Gasteiger partial charge in [0.15, 0.2) is 0 Å². The van der Waals surface area contributed by atoms with Crippen LogP contribution in [0.5, 0.6) is 0 Å². The number of anilines is 1. The van der Waals surface area contributed by atoms with Crippen molar-refractivity contribution in [1.82, 2.24) is 14.2 Å². The predicted molar refractivity (Wildman–Crippen MR) is 174 cm³/mol. The molecule has 0 aliphatic carbocycles. The van der Waals surface area contributed by atoms with E-state index in [-0.39, 0.29) is 10.8 Å². The van der Waals surface area contributed by atoms with Crippen LogP contribution in [0.4, 0.5) is 5.00 Å². The van der Waals surface area contributed by atoms with Gasteiger partial charge in [0.2, 0.25) is 15.9 Å². The summed E-state index contributed by atoms with van der Waals surface area (Å²) in [6, 6.07) is 23.8. The first-order valence-corrected chi connectivity index (χ1v) is 17.7. The summed E-state index contributed by atoms with van der Waals surface area (Å²) in [4.78, 5) is 22.6. The summed E-state index contributed by atoms with van der Waals surface area (Å²) in [5, 5.41) is 5.26. The first-order valence-electron chi connectivity index (χ1n) is 14.2. The maximum Gasteiger partial charge on any atom is 0.243 e. The number of aromatic nitrogens is 1. The second-order valence-electron chi connectivity index (χ2n) is 10.9. The van der Waals surface area contributed by atoms with E-state index in [0.29, 0.717) is 24.4 Å². The Kier molecular flexibility index (Phi) is 7.83. The molecule has 7 nitrogen and oxygen atoms in total. The van der Waals surface area contributed by atoms with Crippen LogP contribution in [0.1, 0.15) is 28.8 Å². The van der Waals surface area contributed by atoms with Crippen LogP contribution in [0, 0.1) is 0 Å². The highest BCUT2D eigenvalue weighted by atomic mass is 35.5. The third-order valence-electron chi connectivity index (χ3n) is 8.06. The normalized spacial score (nSPS) is 17.7. The number of nitrogens with zero attached hydrogens (tertiary/aromatic N) is 3. The van der Waals surface area contributed by atoms with Crippen LogP contribution >= 0.6 is 34.3 Å². The minimum atomic E-state index is -3.86. The van der Waals surface area contributed by atoms with Crippen molar-refractivity contribution < 1.29 is 13.2 Å². The number of nitrogens with one attached hydrogen (secondary N) is 1. The number of amides is 1. The van der Waals surface area contributed by atoms with Crippen LogP contribution in [0.2, 0.25) is 5.02 Å². The van der Waals surface area contributed by atoms with Crippen molar-refractivity contribution >= 4 is 65.4 Å². The number of halogens is 1. The number of carbonyl (C=O) groups is 1. The van der Waals surface area contributed by atoms with Crippen molar-refractivity contribution in [3.8, 4) is 10.6 Å². The summed E-state index contributed by atoms with van der Waals surface area (Å²) >= 11 is 9.20. The SMILES string of the molecule is O=C(Nc1sc2c(c1-c1nc3ccccc3s1)CCN(Cc1ccccc1)C2)C1CCCN1S(=O)(=O)c1ccc(Cl)cc1. The van der Waals surface area contributed by atoms with Crippen LogP contribution in [-0.2, 0) is 34.3 Å². The highest BCUT2D eigenvalue weighted by Crippen LogP contribution is 2.46. The highest BCUT2D eigenvalue weighted by molar-refractivity contribution is 7.89. The molecule has 1 unspecified atom stereocenters. The largest absolute Gasteiger partial charge is 0.316 e. The number of sulfonamides is 1. The Labute approximate surface area is 263 Å². The highest BCUT2D eigenvalue weighted by Gasteiger charge is 2.40. The number of fused-ring (bicyclic) bond motifs is 2. The molecule has 1 saturated heterocycles. The number of hydrogen-bond acceptors (Lipinski definition) is 7. The van der Waals surface area contributed by atoms with Gasteiger partial charge in [0.1, 0.15) is 16.1 Å². The van der Waals surface area contributed by atoms with Crippen LogP contribution in [0.15, 0.2) is 83.8 Å². The zero-order valence-electron chi connectivity index (χ0n) is 23.2. The molecule has 1 atom stereocenters. The number of hydrogen-bond donors (Lipinski definition) is 1. The van der Waals surface area contributed by atoms with E-state index >= 15 is 0 Å². The molecule has 0 spiro atoms. The monoisotopic (exact) mass is 648 g/mol. The fourth-order valence-electron chi connectivity index (χ4n) is 5.95. The van der Waals surface area contributed by atoms with Gasteiger partial charge in [-0.25, -0.2) is 13.4 Å². The molecule has 2 aromatic heterocycles. The van der Waals surface area contributed by atoms with Gasteiger partial charge in [-0.2, -0.15) is 4.31 Å². The first kappa shape index (κ1) is 28.6. The summed E-state index contributed by atoms with van der Waals surface area (Å²) in [5.41, 5.74) is 4.39. The fraction of sp³-hybridized carbons (Fsp3) is 0.250. The molecule has 5 aromatic rings. The lowest BCUT2D eigenvalue weighted by Crippen LogP contribution is -2.43. The molecular formula is C32H29ClN4O3S3. The maximum absolute atomic E-state index is 13.9. The number of carbonyl (C=O) groups excluding carboxylic acids is 1. The van der Waals surface area contributed by atoms with Gasteiger partial charge >= 0.3 is 0 Å². The van der Waals surface area contributed by atoms with Gasteiger partial charge in [-0.15, -0.1) is 22.7 Å². The molecule has 2 aliphatic rings. The lowest BCUT2D eigenvalue weighted by molar-refractivity contribution is -0.119. The smallest absolute Gasteiger partial charge is 0.243 e. The van der Waals surface area contributed by atoms with Crippen molar-refractivity contribution in [3.63, 3.8) is 0 Å². The van der Waals surface area contributed by atoms with E-state index in [2.05, 4.69) is 40.5 Å². The standard InChI is InChI=1S/C32H29ClN4O3S3/c33-22-12-14-23(15-13-22)43(39,40)37-17-6-10-26(37)30(38)35-32-29(31-34-25-9-4-5-11-27(25)41-31)24-16-18-36(20-28(24)42-32)19-21-7-2-1-3-8-21/h1-5,7-9,11-15,26H,6,10,16-20H2,(H,35,38). The molecule has 7 rings (SSSR count). The molecule has 43 heavy (non-hydrogen) atoms. The number of benzene rings is 3. The summed E-state index contributed by atoms with van der Waals surface area (Å²) in [5.74, 6) is -0.308. The van der Waals surface area contributed by atoms with E-state index in [4.69, 9.17) is 16.6 Å². The van der Waals surface area contributed by atoms with E-state index in [0.717, 1.165) is 51.8 Å². The third kappa shape index (κ3) is 5.63. The Morgan fingerprint density at radius 3 is 2.53 bits per heavy atom. The van der Waals surface area contributed by atoms with Crippen LogP contribution in [0.25, 0.3) is 20.8 Å². The average Bonchev–Trinajstić information content (AvgIpc) is 3.74. The maximum atomic E-state index is 13.9. The summed E-state index contributed by atoms with van der Waals surface area (Å²) in [7, 11) is -3.86. The Hall–Kier alpha value is -3.12. The van der Waals surface area contributed by atoms with Crippen LogP contribution in [0.3, 0.4) is 0 Å². The Balaban J connectivity index is 1.21. The molecule has 1 N–H and O–H groups in total. The lowest BCUT2D eigenvalue weighted by Gasteiger charge is -2.27. The molecule has 11 heteroatoms. The van der Waals surface area contributed by atoms with Gasteiger partial charge in [0.25, 0.3) is 0 Å². The molecular weight excluding hydrogens is 620 g/mol. The Bertz CT molecular complexity index is 1870. The summed E-state index contributed by atoms with van der Waals surface area (Å²) < 4.78 is 29.5. The fourth-order valence-corrected chi connectivity index (χ4v) is 10.1. The van der Waals surface area contributed by atoms with E-state index in [1.54, 1.807) is 34.8 Å². The molecule has 0 bridgehead atoms. The molecule has 0 radical (unpaired) electrons. The van der Waals surface area contributed by atoms with Gasteiger partial charge in [-0.1, -0.05) is 54.1 Å². The molecule has 1 amide bonds. The zero-order chi connectivity index (χ0) is 29.6. The number of rotatable bonds is 7. The summed E-state index contributed by atoms with van der Waals surface area (Å²) in [6.45, 7) is 2.84. The van der Waals surface area contributed by atoms with Gasteiger partial charge in [-0.3, -0.25) is 9.69 Å². The van der Waals surface area contributed by atoms with Crippen LogP contribution in [-0.4, -0.2) is 47.6 Å². The molecule has 3 aromatic carbocycles. The molecule has 2 aliphatic heterocycles. The van der Waals surface area contributed by atoms with E-state index in [1.807, 2.05) is 24.3 Å². The topological polar surface area (TPSA) is 82.6 Å². The van der Waals surface area contributed by atoms with Crippen LogP contribution < -0.4 is 5.32 Å². The van der Waals surface area contributed by atoms with Crippen molar-refractivity contribution in [1.29, 1.82) is 0 Å². The lowest BCUT2D eigenvalue weighted by atomic mass is 10.0. The van der Waals surface area contributed by atoms with E-state index in [9.17, 15) is 13.2 Å². The predicted octanol–water partition coefficient (Wildman–Crippen LogP) is 7.03. The van der Waals surface area contributed by atoms with Gasteiger partial charge < -0.3 is 5.32 Å². The van der Waals surface area contributed by atoms with Crippen molar-refractivity contribution in [3.05, 3.63) is 99.9 Å². The van der Waals surface area contributed by atoms with Crippen molar-refractivity contribution in [2.75, 3.05) is 18.4 Å². The molecule has 1 fully saturated rings. The Morgan fingerprint density at radius 2 is 1.74 bits per heavy atom. The summed E-state index contributed by atoms with van der Waals surface area (Å²) in [6.07, 6.45) is 1.93. The zero-order valence-corrected chi connectivity index (χ0v) is 26.4. The van der Waals surface area contributed by atoms with Gasteiger partial charge in [0, 0.05) is 41.6 Å². The number of para-hydroxylation sites is 1. The first-order chi connectivity index (χ1) is 20.9. The third-order valence-corrected chi connectivity index (χ3v) is 12.4. The minimum absolute atomic E-state index is 0.136. The minimum Gasteiger partial charge on any atom is -0.316 e. The average molecular weight is 649 g/mol. The van der Waals surface area contributed by atoms with Gasteiger partial charge in [0.05, 0.1) is 15.1 Å². The Morgan fingerprint density at radius 1 is 0.977 bits per heavy atom. The van der Waals surface area contributed by atoms with Crippen molar-refractivity contribution in [2.45, 2.75) is 43.3 Å². The molecule has 220 valence electrons. The molecule has 0 saturated carbocycles. The number of thiazole rings is 1.